The number of carbonyl (C=O) groups excluding carboxylic acids is 1. The van der Waals surface area contributed by atoms with E-state index < -0.39 is 0 Å². The fourth-order valence-corrected chi connectivity index (χ4v) is 2.29. The van der Waals surface area contributed by atoms with Crippen molar-refractivity contribution in [1.29, 1.82) is 5.26 Å². The number of carbonyl (C=O) groups is 1. The van der Waals surface area contributed by atoms with Gasteiger partial charge < -0.3 is 9.72 Å². The minimum Gasteiger partial charge on any atom is -0.495 e. The van der Waals surface area contributed by atoms with Gasteiger partial charge in [0.05, 0.1) is 30.1 Å². The number of halogens is 1. The van der Waals surface area contributed by atoms with E-state index in [0.29, 0.717) is 32.9 Å². The molecular weight excluding hydrogens is 252 g/mol. The molecular formula is C13H11ClN2O2. The summed E-state index contributed by atoms with van der Waals surface area (Å²) < 4.78 is 5.22. The first-order valence-corrected chi connectivity index (χ1v) is 5.72. The second-order valence-electron chi connectivity index (χ2n) is 3.88. The lowest BCUT2D eigenvalue weighted by Gasteiger charge is -2.03. The number of aromatic nitrogens is 1. The van der Waals surface area contributed by atoms with Crippen molar-refractivity contribution in [3.8, 4) is 11.8 Å². The van der Waals surface area contributed by atoms with Crippen LogP contribution in [0.3, 0.4) is 0 Å². The highest BCUT2D eigenvalue weighted by Crippen LogP contribution is 2.35. The molecule has 0 saturated heterocycles. The Labute approximate surface area is 109 Å². The molecule has 0 aliphatic rings. The molecule has 0 radical (unpaired) electrons. The summed E-state index contributed by atoms with van der Waals surface area (Å²) in [5.41, 5.74) is 1.84. The molecule has 0 aliphatic carbocycles. The van der Waals surface area contributed by atoms with Crippen molar-refractivity contribution in [1.82, 2.24) is 4.98 Å². The van der Waals surface area contributed by atoms with Crippen molar-refractivity contribution < 1.29 is 9.53 Å². The van der Waals surface area contributed by atoms with Crippen molar-refractivity contribution >= 4 is 28.3 Å². The van der Waals surface area contributed by atoms with Gasteiger partial charge in [-0.2, -0.15) is 5.26 Å². The molecule has 92 valence electrons. The molecule has 4 nitrogen and oxygen atoms in total. The maximum atomic E-state index is 12.0. The largest absolute Gasteiger partial charge is 0.495 e. The minimum atomic E-state index is -0.239. The maximum absolute atomic E-state index is 12.0. The predicted molar refractivity (Wildman–Crippen MR) is 69.2 cm³/mol. The van der Waals surface area contributed by atoms with Crippen LogP contribution in [0, 0.1) is 18.3 Å². The van der Waals surface area contributed by atoms with Gasteiger partial charge in [-0.25, -0.2) is 0 Å². The maximum Gasteiger partial charge on any atom is 0.179 e. The Hall–Kier alpha value is -1.99. The summed E-state index contributed by atoms with van der Waals surface area (Å²) >= 11 is 6.14. The van der Waals surface area contributed by atoms with Crippen molar-refractivity contribution in [3.05, 3.63) is 28.4 Å². The van der Waals surface area contributed by atoms with Crippen LogP contribution in [0.2, 0.25) is 5.02 Å². The SMILES string of the molecule is COc1ccc(Cl)c2c(C(=O)CC#N)c(C)[nH]c12. The predicted octanol–water partition coefficient (Wildman–Crippen LogP) is 3.23. The molecule has 1 aromatic carbocycles. The molecule has 0 fully saturated rings. The van der Waals surface area contributed by atoms with Gasteiger partial charge in [-0.05, 0) is 19.1 Å². The molecule has 0 aliphatic heterocycles. The number of hydrogen-bond donors (Lipinski definition) is 1. The molecule has 1 N–H and O–H groups in total. The molecule has 0 saturated carbocycles. The summed E-state index contributed by atoms with van der Waals surface area (Å²) in [7, 11) is 1.55. The highest BCUT2D eigenvalue weighted by atomic mass is 35.5. The van der Waals surface area contributed by atoms with E-state index in [2.05, 4.69) is 4.98 Å². The smallest absolute Gasteiger partial charge is 0.179 e. The lowest BCUT2D eigenvalue weighted by atomic mass is 10.0. The normalized spacial score (nSPS) is 10.3. The van der Waals surface area contributed by atoms with Crippen LogP contribution in [0.15, 0.2) is 12.1 Å². The molecule has 0 amide bonds. The second-order valence-corrected chi connectivity index (χ2v) is 4.29. The molecule has 0 bridgehead atoms. The molecule has 0 unspecified atom stereocenters. The quantitative estimate of drug-likeness (QED) is 0.864. The van der Waals surface area contributed by atoms with Gasteiger partial charge in [0.1, 0.15) is 5.75 Å². The average Bonchev–Trinajstić information content (AvgIpc) is 2.68. The third-order valence-corrected chi connectivity index (χ3v) is 3.11. The van der Waals surface area contributed by atoms with Crippen LogP contribution in [0.4, 0.5) is 0 Å². The number of aryl methyl sites for hydroxylation is 1. The lowest BCUT2D eigenvalue weighted by Crippen LogP contribution is -1.98. The number of nitrogens with one attached hydrogen (secondary N) is 1. The number of nitrogens with zero attached hydrogens (tertiary/aromatic N) is 1. The number of methoxy groups -OCH3 is 1. The Balaban J connectivity index is 2.79. The van der Waals surface area contributed by atoms with Crippen LogP contribution in [-0.2, 0) is 0 Å². The molecule has 0 atom stereocenters. The summed E-state index contributed by atoms with van der Waals surface area (Å²) in [5.74, 6) is 0.380. The van der Waals surface area contributed by atoms with E-state index in [9.17, 15) is 4.79 Å². The number of fused-ring (bicyclic) bond motifs is 1. The third kappa shape index (κ3) is 1.83. The van der Waals surface area contributed by atoms with Crippen molar-refractivity contribution in [2.75, 3.05) is 7.11 Å². The van der Waals surface area contributed by atoms with Crippen LogP contribution < -0.4 is 4.74 Å². The summed E-state index contributed by atoms with van der Waals surface area (Å²) in [6, 6.07) is 5.27. The highest BCUT2D eigenvalue weighted by Gasteiger charge is 2.20. The van der Waals surface area contributed by atoms with Gasteiger partial charge in [-0.3, -0.25) is 4.79 Å². The molecule has 2 rings (SSSR count). The number of rotatable bonds is 3. The van der Waals surface area contributed by atoms with Crippen LogP contribution in [0.1, 0.15) is 22.5 Å². The lowest BCUT2D eigenvalue weighted by molar-refractivity contribution is 0.0999. The Bertz CT molecular complexity index is 668. The molecule has 2 aromatic rings. The Morgan fingerprint density at radius 2 is 2.28 bits per heavy atom. The van der Waals surface area contributed by atoms with Gasteiger partial charge >= 0.3 is 0 Å². The number of Topliss-reactive ketones (excluding diaryl/α,β-unsaturated/α-hetero) is 1. The van der Waals surface area contributed by atoms with Gasteiger partial charge in [-0.15, -0.1) is 0 Å². The molecule has 5 heteroatoms. The van der Waals surface area contributed by atoms with Crippen molar-refractivity contribution in [2.45, 2.75) is 13.3 Å². The van der Waals surface area contributed by atoms with E-state index in [-0.39, 0.29) is 12.2 Å². The van der Waals surface area contributed by atoms with Gasteiger partial charge in [-0.1, -0.05) is 11.6 Å². The number of nitriles is 1. The monoisotopic (exact) mass is 262 g/mol. The summed E-state index contributed by atoms with van der Waals surface area (Å²) in [4.78, 5) is 15.0. The van der Waals surface area contributed by atoms with E-state index in [0.717, 1.165) is 0 Å². The molecule has 0 spiro atoms. The number of ether oxygens (including phenoxy) is 1. The zero-order chi connectivity index (χ0) is 13.3. The molecule has 1 heterocycles. The Kier molecular flexibility index (Phi) is 3.26. The van der Waals surface area contributed by atoms with Crippen molar-refractivity contribution in [2.24, 2.45) is 0 Å². The standard InChI is InChI=1S/C13H11ClN2O2/c1-7-11(9(17)5-6-15)12-8(14)3-4-10(18-2)13(12)16-7/h3-4,16H,5H2,1-2H3. The summed E-state index contributed by atoms with van der Waals surface area (Å²) in [6.45, 7) is 1.78. The van der Waals surface area contributed by atoms with Crippen LogP contribution >= 0.6 is 11.6 Å². The first kappa shape index (κ1) is 12.5. The number of benzene rings is 1. The first-order valence-electron chi connectivity index (χ1n) is 5.35. The van der Waals surface area contributed by atoms with E-state index in [4.69, 9.17) is 21.6 Å². The van der Waals surface area contributed by atoms with Crippen LogP contribution in [0.25, 0.3) is 10.9 Å². The van der Waals surface area contributed by atoms with E-state index in [1.54, 1.807) is 26.2 Å². The topological polar surface area (TPSA) is 65.9 Å². The van der Waals surface area contributed by atoms with Gasteiger partial charge in [0.2, 0.25) is 0 Å². The van der Waals surface area contributed by atoms with Gasteiger partial charge in [0.25, 0.3) is 0 Å². The summed E-state index contributed by atoms with van der Waals surface area (Å²) in [6.07, 6.45) is -0.165. The second kappa shape index (κ2) is 4.71. The van der Waals surface area contributed by atoms with Gasteiger partial charge in [0.15, 0.2) is 5.78 Å². The van der Waals surface area contributed by atoms with E-state index in [1.807, 2.05) is 6.07 Å². The Morgan fingerprint density at radius 3 is 2.89 bits per heavy atom. The highest BCUT2D eigenvalue weighted by molar-refractivity contribution is 6.37. The summed E-state index contributed by atoms with van der Waals surface area (Å²) in [5, 5.41) is 9.72. The minimum absolute atomic E-state index is 0.165. The zero-order valence-electron chi connectivity index (χ0n) is 10.0. The average molecular weight is 263 g/mol. The van der Waals surface area contributed by atoms with Crippen LogP contribution in [-0.4, -0.2) is 17.9 Å². The molecule has 18 heavy (non-hydrogen) atoms. The number of H-pyrrole nitrogens is 1. The zero-order valence-corrected chi connectivity index (χ0v) is 10.8. The number of hydrogen-bond acceptors (Lipinski definition) is 3. The fourth-order valence-electron chi connectivity index (χ4n) is 2.04. The number of aromatic amines is 1. The van der Waals surface area contributed by atoms with Crippen LogP contribution in [0.5, 0.6) is 5.75 Å². The van der Waals surface area contributed by atoms with E-state index in [1.165, 1.54) is 0 Å². The first-order chi connectivity index (χ1) is 8.60. The number of ketones is 1. The van der Waals surface area contributed by atoms with E-state index >= 15 is 0 Å². The fraction of sp³-hybridized carbons (Fsp3) is 0.231. The Morgan fingerprint density at radius 1 is 1.56 bits per heavy atom. The van der Waals surface area contributed by atoms with Gasteiger partial charge in [0, 0.05) is 16.6 Å². The van der Waals surface area contributed by atoms with Crippen molar-refractivity contribution in [3.63, 3.8) is 0 Å². The molecule has 1 aromatic heterocycles. The third-order valence-electron chi connectivity index (χ3n) is 2.79.